The summed E-state index contributed by atoms with van der Waals surface area (Å²) in [6.45, 7) is 3.14. The second kappa shape index (κ2) is 8.15. The van der Waals surface area contributed by atoms with Gasteiger partial charge in [-0.1, -0.05) is 48.5 Å². The van der Waals surface area contributed by atoms with Crippen LogP contribution < -0.4 is 9.91 Å². The van der Waals surface area contributed by atoms with Gasteiger partial charge in [0, 0.05) is 19.3 Å². The van der Waals surface area contributed by atoms with Gasteiger partial charge in [0.05, 0.1) is 17.6 Å². The Kier molecular flexibility index (Phi) is 5.47. The zero-order chi connectivity index (χ0) is 17.5. The molecule has 0 N–H and O–H groups in total. The van der Waals surface area contributed by atoms with Gasteiger partial charge in [0.15, 0.2) is 0 Å². The molecule has 3 heteroatoms. The monoisotopic (exact) mass is 329 g/mol. The van der Waals surface area contributed by atoms with E-state index in [0.717, 1.165) is 23.5 Å². The Bertz CT molecular complexity index is 756. The summed E-state index contributed by atoms with van der Waals surface area (Å²) in [7, 11) is 2.09. The lowest BCUT2D eigenvalue weighted by molar-refractivity contribution is 0.968. The van der Waals surface area contributed by atoms with E-state index in [1.807, 2.05) is 47.6 Å². The molecule has 0 radical (unpaired) electrons. The second-order valence-electron chi connectivity index (χ2n) is 5.83. The molecule has 0 aliphatic carbocycles. The summed E-state index contributed by atoms with van der Waals surface area (Å²) in [5.41, 5.74) is 4.35. The van der Waals surface area contributed by atoms with E-state index in [1.54, 1.807) is 0 Å². The van der Waals surface area contributed by atoms with Crippen molar-refractivity contribution in [3.8, 4) is 0 Å². The molecule has 0 aliphatic heterocycles. The SMILES string of the molecule is CCN(C)c1ccc(C=NN(c2ccccc2)c2ccccc2)cc1. The van der Waals surface area contributed by atoms with Crippen LogP contribution in [0.3, 0.4) is 0 Å². The lowest BCUT2D eigenvalue weighted by Gasteiger charge is -2.19. The summed E-state index contributed by atoms with van der Waals surface area (Å²) < 4.78 is 0. The van der Waals surface area contributed by atoms with E-state index in [4.69, 9.17) is 5.10 Å². The molecule has 0 bridgehead atoms. The number of hydrogen-bond donors (Lipinski definition) is 0. The third-order valence-corrected chi connectivity index (χ3v) is 4.13. The van der Waals surface area contributed by atoms with Gasteiger partial charge in [0.2, 0.25) is 0 Å². The number of hydrogen-bond acceptors (Lipinski definition) is 3. The summed E-state index contributed by atoms with van der Waals surface area (Å²) in [5, 5.41) is 6.67. The molecule has 3 aromatic carbocycles. The van der Waals surface area contributed by atoms with Gasteiger partial charge < -0.3 is 4.90 Å². The molecular formula is C22H23N3. The zero-order valence-corrected chi connectivity index (χ0v) is 14.7. The Morgan fingerprint density at radius 3 is 1.72 bits per heavy atom. The molecule has 0 aromatic heterocycles. The quantitative estimate of drug-likeness (QED) is 0.450. The first-order chi connectivity index (χ1) is 12.3. The number of anilines is 3. The van der Waals surface area contributed by atoms with E-state index in [-0.39, 0.29) is 0 Å². The van der Waals surface area contributed by atoms with Crippen LogP contribution in [0.25, 0.3) is 0 Å². The van der Waals surface area contributed by atoms with Crippen LogP contribution in [0.1, 0.15) is 12.5 Å². The van der Waals surface area contributed by atoms with E-state index in [2.05, 4.69) is 67.4 Å². The van der Waals surface area contributed by atoms with Gasteiger partial charge in [-0.05, 0) is 48.9 Å². The molecule has 3 rings (SSSR count). The van der Waals surface area contributed by atoms with Crippen LogP contribution in [0.4, 0.5) is 17.1 Å². The van der Waals surface area contributed by atoms with Crippen LogP contribution in [0.5, 0.6) is 0 Å². The fourth-order valence-electron chi connectivity index (χ4n) is 2.54. The minimum absolute atomic E-state index is 0.989. The van der Waals surface area contributed by atoms with Crippen LogP contribution >= 0.6 is 0 Å². The van der Waals surface area contributed by atoms with Crippen molar-refractivity contribution >= 4 is 23.3 Å². The molecular weight excluding hydrogens is 306 g/mol. The van der Waals surface area contributed by atoms with Gasteiger partial charge in [-0.2, -0.15) is 5.10 Å². The minimum atomic E-state index is 0.989. The summed E-state index contributed by atoms with van der Waals surface area (Å²) in [4.78, 5) is 2.21. The normalized spacial score (nSPS) is 10.8. The van der Waals surface area contributed by atoms with Crippen LogP contribution in [0.2, 0.25) is 0 Å². The lowest BCUT2D eigenvalue weighted by atomic mass is 10.2. The van der Waals surface area contributed by atoms with Crippen molar-refractivity contribution < 1.29 is 0 Å². The van der Waals surface area contributed by atoms with E-state index >= 15 is 0 Å². The molecule has 0 atom stereocenters. The van der Waals surface area contributed by atoms with Crippen LogP contribution in [-0.2, 0) is 0 Å². The van der Waals surface area contributed by atoms with Gasteiger partial charge in [-0.25, -0.2) is 5.01 Å². The van der Waals surface area contributed by atoms with Crippen molar-refractivity contribution in [1.82, 2.24) is 0 Å². The maximum atomic E-state index is 4.72. The second-order valence-corrected chi connectivity index (χ2v) is 5.83. The molecule has 0 spiro atoms. The summed E-state index contributed by atoms with van der Waals surface area (Å²) in [6.07, 6.45) is 1.90. The Labute approximate surface area is 149 Å². The van der Waals surface area contributed by atoms with Gasteiger partial charge in [0.25, 0.3) is 0 Å². The van der Waals surface area contributed by atoms with Gasteiger partial charge in [-0.3, -0.25) is 0 Å². The Morgan fingerprint density at radius 2 is 1.24 bits per heavy atom. The third kappa shape index (κ3) is 4.27. The highest BCUT2D eigenvalue weighted by molar-refractivity contribution is 5.82. The molecule has 0 saturated carbocycles. The van der Waals surface area contributed by atoms with Crippen molar-refractivity contribution in [3.63, 3.8) is 0 Å². The number of hydrazone groups is 1. The van der Waals surface area contributed by atoms with Crippen LogP contribution in [-0.4, -0.2) is 19.8 Å². The first-order valence-corrected chi connectivity index (χ1v) is 8.53. The number of para-hydroxylation sites is 2. The molecule has 3 aromatic rings. The number of benzene rings is 3. The fourth-order valence-corrected chi connectivity index (χ4v) is 2.54. The lowest BCUT2D eigenvalue weighted by Crippen LogP contribution is -2.15. The van der Waals surface area contributed by atoms with Gasteiger partial charge >= 0.3 is 0 Å². The Balaban J connectivity index is 1.86. The van der Waals surface area contributed by atoms with E-state index < -0.39 is 0 Å². The predicted octanol–water partition coefficient (Wildman–Crippen LogP) is 5.31. The molecule has 0 aliphatic rings. The summed E-state index contributed by atoms with van der Waals surface area (Å²) in [6, 6.07) is 28.8. The highest BCUT2D eigenvalue weighted by Crippen LogP contribution is 2.25. The molecule has 0 heterocycles. The number of rotatable bonds is 6. The number of nitrogens with zero attached hydrogens (tertiary/aromatic N) is 3. The topological polar surface area (TPSA) is 18.8 Å². The molecule has 0 amide bonds. The largest absolute Gasteiger partial charge is 0.375 e. The van der Waals surface area contributed by atoms with Crippen molar-refractivity contribution in [2.75, 3.05) is 23.5 Å². The average Bonchev–Trinajstić information content (AvgIpc) is 2.70. The average molecular weight is 329 g/mol. The summed E-state index contributed by atoms with van der Waals surface area (Å²) in [5.74, 6) is 0. The molecule has 0 unspecified atom stereocenters. The Morgan fingerprint density at radius 1 is 0.720 bits per heavy atom. The highest BCUT2D eigenvalue weighted by atomic mass is 15.5. The maximum absolute atomic E-state index is 4.72. The zero-order valence-electron chi connectivity index (χ0n) is 14.7. The third-order valence-electron chi connectivity index (χ3n) is 4.13. The van der Waals surface area contributed by atoms with Crippen molar-refractivity contribution in [2.24, 2.45) is 5.10 Å². The molecule has 126 valence electrons. The Hall–Kier alpha value is -3.07. The van der Waals surface area contributed by atoms with Crippen molar-refractivity contribution in [3.05, 3.63) is 90.5 Å². The predicted molar refractivity (Wildman–Crippen MR) is 108 cm³/mol. The van der Waals surface area contributed by atoms with E-state index in [0.29, 0.717) is 0 Å². The standard InChI is InChI=1S/C22H23N3/c1-3-24(2)20-16-14-19(15-17-20)18-23-25(21-10-6-4-7-11-21)22-12-8-5-9-13-22/h4-18H,3H2,1-2H3. The minimum Gasteiger partial charge on any atom is -0.375 e. The highest BCUT2D eigenvalue weighted by Gasteiger charge is 2.06. The van der Waals surface area contributed by atoms with Gasteiger partial charge in [-0.15, -0.1) is 0 Å². The van der Waals surface area contributed by atoms with Gasteiger partial charge in [0.1, 0.15) is 0 Å². The molecule has 25 heavy (non-hydrogen) atoms. The smallest absolute Gasteiger partial charge is 0.0652 e. The van der Waals surface area contributed by atoms with Crippen molar-refractivity contribution in [2.45, 2.75) is 6.92 Å². The first kappa shape index (κ1) is 16.8. The fraction of sp³-hybridized carbons (Fsp3) is 0.136. The molecule has 3 nitrogen and oxygen atoms in total. The molecule has 0 saturated heterocycles. The van der Waals surface area contributed by atoms with Crippen LogP contribution in [0.15, 0.2) is 90.0 Å². The molecule has 0 fully saturated rings. The van der Waals surface area contributed by atoms with E-state index in [1.165, 1.54) is 5.69 Å². The van der Waals surface area contributed by atoms with Crippen molar-refractivity contribution in [1.29, 1.82) is 0 Å². The first-order valence-electron chi connectivity index (χ1n) is 8.53. The van der Waals surface area contributed by atoms with E-state index in [9.17, 15) is 0 Å². The maximum Gasteiger partial charge on any atom is 0.0652 e. The van der Waals surface area contributed by atoms with Crippen LogP contribution in [0, 0.1) is 0 Å². The summed E-state index contributed by atoms with van der Waals surface area (Å²) >= 11 is 0.